The van der Waals surface area contributed by atoms with Crippen LogP contribution in [0.4, 0.5) is 10.5 Å². The molecule has 2 amide bonds. The molecule has 1 N–H and O–H groups in total. The highest BCUT2D eigenvalue weighted by Gasteiger charge is 2.33. The summed E-state index contributed by atoms with van der Waals surface area (Å²) in [5.74, 6) is 1.32. The molecule has 0 spiro atoms. The van der Waals surface area contributed by atoms with Crippen LogP contribution in [-0.2, 0) is 7.05 Å². The predicted molar refractivity (Wildman–Crippen MR) is 105 cm³/mol. The van der Waals surface area contributed by atoms with Crippen LogP contribution in [0, 0.1) is 6.92 Å². The van der Waals surface area contributed by atoms with E-state index in [1.165, 1.54) is 4.80 Å². The number of urea groups is 1. The van der Waals surface area contributed by atoms with Gasteiger partial charge in [-0.15, -0.1) is 10.2 Å². The van der Waals surface area contributed by atoms with Crippen molar-refractivity contribution in [1.82, 2.24) is 25.1 Å². The number of anilines is 1. The van der Waals surface area contributed by atoms with Crippen molar-refractivity contribution >= 4 is 11.7 Å². The third kappa shape index (κ3) is 3.40. The Morgan fingerprint density at radius 1 is 1.25 bits per heavy atom. The van der Waals surface area contributed by atoms with E-state index in [4.69, 9.17) is 4.74 Å². The largest absolute Gasteiger partial charge is 0.497 e. The first-order chi connectivity index (χ1) is 13.5. The summed E-state index contributed by atoms with van der Waals surface area (Å²) < 4.78 is 5.30. The average Bonchev–Trinajstić information content (AvgIpc) is 3.09. The molecule has 28 heavy (non-hydrogen) atoms. The molecular formula is C20H22N6O2. The number of aromatic nitrogens is 4. The quantitative estimate of drug-likeness (QED) is 0.754. The summed E-state index contributed by atoms with van der Waals surface area (Å²) in [7, 11) is 3.36. The van der Waals surface area contributed by atoms with Gasteiger partial charge in [-0.25, -0.2) is 4.79 Å². The Kier molecular flexibility index (Phi) is 4.68. The maximum Gasteiger partial charge on any atom is 0.322 e. The molecule has 1 saturated heterocycles. The molecule has 4 rings (SSSR count). The van der Waals surface area contributed by atoms with Crippen LogP contribution >= 0.6 is 0 Å². The number of amides is 2. The maximum absolute atomic E-state index is 12.9. The number of aryl methyl sites for hydroxylation is 2. The second-order valence-corrected chi connectivity index (χ2v) is 6.84. The lowest BCUT2D eigenvalue weighted by molar-refractivity contribution is 0.126. The number of carbonyl (C=O) groups excluding carboxylic acids is 1. The second kappa shape index (κ2) is 7.30. The Hall–Kier alpha value is -3.42. The van der Waals surface area contributed by atoms with Crippen LogP contribution in [0.3, 0.4) is 0 Å². The first kappa shape index (κ1) is 18.0. The van der Waals surface area contributed by atoms with Gasteiger partial charge in [-0.1, -0.05) is 24.3 Å². The Labute approximate surface area is 163 Å². The molecule has 0 radical (unpaired) electrons. The minimum absolute atomic E-state index is 0.0558. The molecule has 2 heterocycles. The number of carbonyl (C=O) groups is 1. The summed E-state index contributed by atoms with van der Waals surface area (Å²) in [6.45, 7) is 2.68. The first-order valence-electron chi connectivity index (χ1n) is 9.12. The molecule has 3 aromatic rings. The minimum Gasteiger partial charge on any atom is -0.497 e. The fourth-order valence-corrected chi connectivity index (χ4v) is 3.31. The van der Waals surface area contributed by atoms with E-state index in [1.807, 2.05) is 54.3 Å². The van der Waals surface area contributed by atoms with Crippen molar-refractivity contribution < 1.29 is 9.53 Å². The van der Waals surface area contributed by atoms with Crippen molar-refractivity contribution in [3.63, 3.8) is 0 Å². The van der Waals surface area contributed by atoms with Crippen LogP contribution < -0.4 is 10.1 Å². The van der Waals surface area contributed by atoms with Gasteiger partial charge < -0.3 is 15.0 Å². The van der Waals surface area contributed by atoms with Gasteiger partial charge >= 0.3 is 6.03 Å². The van der Waals surface area contributed by atoms with Gasteiger partial charge in [-0.05, 0) is 47.9 Å². The molecule has 8 nitrogen and oxygen atoms in total. The molecule has 0 saturated carbocycles. The molecule has 1 aliphatic heterocycles. The van der Waals surface area contributed by atoms with Crippen LogP contribution in [0.1, 0.15) is 23.6 Å². The van der Waals surface area contributed by atoms with Crippen LogP contribution in [0.25, 0.3) is 11.4 Å². The number of rotatable bonds is 4. The number of benzene rings is 2. The highest BCUT2D eigenvalue weighted by Crippen LogP contribution is 2.35. The molecule has 1 atom stereocenters. The summed E-state index contributed by atoms with van der Waals surface area (Å²) >= 11 is 0. The first-order valence-corrected chi connectivity index (χ1v) is 9.12. The van der Waals surface area contributed by atoms with Crippen molar-refractivity contribution in [1.29, 1.82) is 0 Å². The second-order valence-electron chi connectivity index (χ2n) is 6.84. The molecule has 8 heteroatoms. The topological polar surface area (TPSA) is 85.2 Å². The number of nitrogens with one attached hydrogen (secondary N) is 1. The van der Waals surface area contributed by atoms with Crippen molar-refractivity contribution in [2.45, 2.75) is 19.4 Å². The number of hydrogen-bond acceptors (Lipinski definition) is 5. The summed E-state index contributed by atoms with van der Waals surface area (Å²) in [6.07, 6.45) is 0.934. The fourth-order valence-electron chi connectivity index (χ4n) is 3.31. The molecular weight excluding hydrogens is 356 g/mol. The fraction of sp³-hybridized carbons (Fsp3) is 0.300. The zero-order valence-corrected chi connectivity index (χ0v) is 16.1. The summed E-state index contributed by atoms with van der Waals surface area (Å²) in [6, 6.07) is 13.5. The van der Waals surface area contributed by atoms with Gasteiger partial charge in [0, 0.05) is 17.8 Å². The maximum atomic E-state index is 12.9. The lowest BCUT2D eigenvalue weighted by atomic mass is 9.95. The smallest absolute Gasteiger partial charge is 0.322 e. The highest BCUT2D eigenvalue weighted by atomic mass is 16.5. The zero-order chi connectivity index (χ0) is 19.7. The number of likely N-dealkylation sites (tertiary alicyclic amines) is 1. The lowest BCUT2D eigenvalue weighted by Gasteiger charge is -2.41. The third-order valence-corrected chi connectivity index (χ3v) is 5.00. The molecule has 144 valence electrons. The van der Waals surface area contributed by atoms with Gasteiger partial charge in [0.2, 0.25) is 5.82 Å². The van der Waals surface area contributed by atoms with E-state index in [2.05, 4.69) is 20.7 Å². The predicted octanol–water partition coefficient (Wildman–Crippen LogP) is 3.17. The van der Waals surface area contributed by atoms with E-state index in [-0.39, 0.29) is 12.1 Å². The number of ether oxygens (including phenoxy) is 1. The van der Waals surface area contributed by atoms with Crippen LogP contribution in [0.5, 0.6) is 5.75 Å². The van der Waals surface area contributed by atoms with E-state index < -0.39 is 0 Å². The van der Waals surface area contributed by atoms with Crippen molar-refractivity contribution in [2.75, 3.05) is 19.0 Å². The number of tetrazole rings is 1. The minimum atomic E-state index is -0.119. The Bertz CT molecular complexity index is 1020. The van der Waals surface area contributed by atoms with Crippen molar-refractivity contribution in [3.8, 4) is 17.1 Å². The number of methoxy groups -OCH3 is 1. The van der Waals surface area contributed by atoms with E-state index in [0.717, 1.165) is 41.1 Å². The summed E-state index contributed by atoms with van der Waals surface area (Å²) in [5.41, 5.74) is 3.60. The monoisotopic (exact) mass is 378 g/mol. The summed E-state index contributed by atoms with van der Waals surface area (Å²) in [5, 5.41) is 15.1. The Morgan fingerprint density at radius 3 is 2.79 bits per heavy atom. The molecule has 2 aromatic carbocycles. The average molecular weight is 378 g/mol. The zero-order valence-electron chi connectivity index (χ0n) is 16.1. The normalized spacial score (nSPS) is 15.8. The van der Waals surface area contributed by atoms with Gasteiger partial charge in [-0.3, -0.25) is 0 Å². The van der Waals surface area contributed by atoms with E-state index in [9.17, 15) is 4.79 Å². The molecule has 1 aliphatic rings. The Morgan fingerprint density at radius 2 is 2.11 bits per heavy atom. The van der Waals surface area contributed by atoms with Gasteiger partial charge in [0.05, 0.1) is 20.2 Å². The molecule has 0 bridgehead atoms. The van der Waals surface area contributed by atoms with Gasteiger partial charge in [0.15, 0.2) is 0 Å². The molecule has 0 aliphatic carbocycles. The number of nitrogens with zero attached hydrogens (tertiary/aromatic N) is 5. The standard InChI is InChI=1S/C20H22N6O2/c1-13-7-8-15(19-22-24-25(2)23-19)12-17(13)21-20(27)26-10-9-18(26)14-5-4-6-16(11-14)28-3/h4-8,11-12,18H,9-10H2,1-3H3,(H,21,27)/t18-/m0/s1. The van der Waals surface area contributed by atoms with E-state index in [1.54, 1.807) is 14.2 Å². The SMILES string of the molecule is COc1cccc([C@@H]2CCN2C(=O)Nc2cc(-c3nnn(C)n3)ccc2C)c1. The highest BCUT2D eigenvalue weighted by molar-refractivity contribution is 5.91. The van der Waals surface area contributed by atoms with Crippen LogP contribution in [0.2, 0.25) is 0 Å². The number of hydrogen-bond donors (Lipinski definition) is 1. The van der Waals surface area contributed by atoms with Crippen molar-refractivity contribution in [2.24, 2.45) is 7.05 Å². The van der Waals surface area contributed by atoms with Gasteiger partial charge in [0.25, 0.3) is 0 Å². The van der Waals surface area contributed by atoms with Crippen LogP contribution in [0.15, 0.2) is 42.5 Å². The third-order valence-electron chi connectivity index (χ3n) is 5.00. The van der Waals surface area contributed by atoms with E-state index in [0.29, 0.717) is 5.82 Å². The van der Waals surface area contributed by atoms with E-state index >= 15 is 0 Å². The van der Waals surface area contributed by atoms with Crippen LogP contribution in [-0.4, -0.2) is 44.8 Å². The van der Waals surface area contributed by atoms with Crippen molar-refractivity contribution in [3.05, 3.63) is 53.6 Å². The Balaban J connectivity index is 1.52. The molecule has 1 aromatic heterocycles. The lowest BCUT2D eigenvalue weighted by Crippen LogP contribution is -2.47. The molecule has 0 unspecified atom stereocenters. The summed E-state index contributed by atoms with van der Waals surface area (Å²) in [4.78, 5) is 16.1. The van der Waals surface area contributed by atoms with Gasteiger partial charge in [0.1, 0.15) is 5.75 Å². The van der Waals surface area contributed by atoms with Gasteiger partial charge in [-0.2, -0.15) is 4.80 Å². The molecule has 1 fully saturated rings.